The lowest BCUT2D eigenvalue weighted by Crippen LogP contribution is -2.38. The normalized spacial score (nSPS) is 15.9. The molecule has 0 saturated carbocycles. The Morgan fingerprint density at radius 3 is 2.70 bits per heavy atom. The molecule has 1 aromatic carbocycles. The number of nitrogens with one attached hydrogen (secondary N) is 2. The quantitative estimate of drug-likeness (QED) is 0.489. The van der Waals surface area contributed by atoms with Crippen molar-refractivity contribution >= 4 is 0 Å². The Balaban J connectivity index is 1.47. The van der Waals surface area contributed by atoms with E-state index in [9.17, 15) is 5.11 Å². The number of aliphatic hydroxyl groups excluding tert-OH is 1. The molecule has 2 heterocycles. The number of ether oxygens (including phenoxy) is 2. The molecule has 1 saturated heterocycles. The minimum Gasteiger partial charge on any atom is -0.493 e. The van der Waals surface area contributed by atoms with Gasteiger partial charge in [-0.1, -0.05) is 12.5 Å². The van der Waals surface area contributed by atoms with Gasteiger partial charge in [0.2, 0.25) is 0 Å². The zero-order valence-electron chi connectivity index (χ0n) is 18.5. The van der Waals surface area contributed by atoms with Crippen molar-refractivity contribution in [1.29, 1.82) is 0 Å². The highest BCUT2D eigenvalue weighted by Crippen LogP contribution is 2.28. The molecule has 30 heavy (non-hydrogen) atoms. The average Bonchev–Trinajstić information content (AvgIpc) is 3.08. The molecule has 2 aromatic rings. The van der Waals surface area contributed by atoms with Gasteiger partial charge in [-0.25, -0.2) is 0 Å². The molecule has 3 rings (SSSR count). The van der Waals surface area contributed by atoms with Crippen LogP contribution in [0.15, 0.2) is 18.2 Å². The number of aromatic amines is 1. The molecule has 1 aliphatic heterocycles. The molecule has 0 amide bonds. The van der Waals surface area contributed by atoms with E-state index in [-0.39, 0.29) is 6.61 Å². The van der Waals surface area contributed by atoms with E-state index in [4.69, 9.17) is 9.47 Å². The smallest absolute Gasteiger partial charge is 0.161 e. The minimum atomic E-state index is -0.504. The lowest BCUT2D eigenvalue weighted by Gasteiger charge is -2.28. The number of hydrogen-bond acceptors (Lipinski definition) is 6. The van der Waals surface area contributed by atoms with Crippen LogP contribution in [-0.2, 0) is 13.0 Å². The summed E-state index contributed by atoms with van der Waals surface area (Å²) in [4.78, 5) is 2.32. The van der Waals surface area contributed by atoms with Crippen LogP contribution in [0.25, 0.3) is 0 Å². The van der Waals surface area contributed by atoms with Gasteiger partial charge in [0, 0.05) is 18.8 Å². The van der Waals surface area contributed by atoms with E-state index < -0.39 is 6.10 Å². The number of rotatable bonds is 11. The van der Waals surface area contributed by atoms with Crippen molar-refractivity contribution in [3.05, 3.63) is 40.7 Å². The van der Waals surface area contributed by atoms with E-state index in [1.807, 2.05) is 25.1 Å². The van der Waals surface area contributed by atoms with Crippen LogP contribution >= 0.6 is 0 Å². The molecule has 0 spiro atoms. The van der Waals surface area contributed by atoms with Crippen molar-refractivity contribution in [2.45, 2.75) is 52.2 Å². The van der Waals surface area contributed by atoms with Crippen molar-refractivity contribution in [2.75, 3.05) is 39.9 Å². The largest absolute Gasteiger partial charge is 0.493 e. The van der Waals surface area contributed by atoms with E-state index in [1.165, 1.54) is 24.8 Å². The van der Waals surface area contributed by atoms with Gasteiger partial charge in [-0.05, 0) is 76.0 Å². The van der Waals surface area contributed by atoms with Crippen LogP contribution in [0, 0.1) is 13.8 Å². The molecular weight excluding hydrogens is 380 g/mol. The summed E-state index contributed by atoms with van der Waals surface area (Å²) in [6.07, 6.45) is 4.17. The fourth-order valence-electron chi connectivity index (χ4n) is 4.01. The molecule has 0 radical (unpaired) electrons. The molecule has 1 aromatic heterocycles. The van der Waals surface area contributed by atoms with Gasteiger partial charge in [0.25, 0.3) is 0 Å². The lowest BCUT2D eigenvalue weighted by atomic mass is 10.1. The first-order valence-electron chi connectivity index (χ1n) is 11.0. The molecular formula is C23H36N4O3. The van der Waals surface area contributed by atoms with Gasteiger partial charge in [-0.2, -0.15) is 5.10 Å². The van der Waals surface area contributed by atoms with Gasteiger partial charge >= 0.3 is 0 Å². The highest BCUT2D eigenvalue weighted by atomic mass is 16.5. The summed E-state index contributed by atoms with van der Waals surface area (Å²) < 4.78 is 11.4. The minimum absolute atomic E-state index is 0.267. The molecule has 166 valence electrons. The number of aliphatic hydroxyl groups is 1. The number of likely N-dealkylation sites (tertiary alicyclic amines) is 1. The van der Waals surface area contributed by atoms with E-state index in [1.54, 1.807) is 7.11 Å². The van der Waals surface area contributed by atoms with Crippen molar-refractivity contribution in [3.8, 4) is 11.5 Å². The molecule has 3 N–H and O–H groups in total. The summed E-state index contributed by atoms with van der Waals surface area (Å²) in [6, 6.07) is 5.96. The number of methoxy groups -OCH3 is 1. The summed E-state index contributed by atoms with van der Waals surface area (Å²) in [5.74, 6) is 1.37. The second-order valence-electron chi connectivity index (χ2n) is 8.15. The van der Waals surface area contributed by atoms with Gasteiger partial charge in [-0.15, -0.1) is 0 Å². The second-order valence-corrected chi connectivity index (χ2v) is 8.15. The predicted octanol–water partition coefficient (Wildman–Crippen LogP) is 2.59. The van der Waals surface area contributed by atoms with E-state index in [0.717, 1.165) is 49.6 Å². The number of hydrogen-bond donors (Lipinski definition) is 3. The molecule has 1 atom stereocenters. The highest BCUT2D eigenvalue weighted by molar-refractivity contribution is 5.43. The van der Waals surface area contributed by atoms with E-state index in [2.05, 4.69) is 27.3 Å². The van der Waals surface area contributed by atoms with Crippen LogP contribution in [0.4, 0.5) is 0 Å². The number of piperidine rings is 1. The average molecular weight is 417 g/mol. The Hall–Kier alpha value is -2.09. The Labute approximate surface area is 179 Å². The van der Waals surface area contributed by atoms with E-state index in [0.29, 0.717) is 18.0 Å². The number of β-amino-alcohol motifs (C(OH)–C–C–N with tert-alkyl or cyclic N) is 1. The Kier molecular flexibility index (Phi) is 8.54. The Bertz CT molecular complexity index is 767. The fraction of sp³-hybridized carbons (Fsp3) is 0.609. The van der Waals surface area contributed by atoms with Crippen LogP contribution in [0.5, 0.6) is 11.5 Å². The summed E-state index contributed by atoms with van der Waals surface area (Å²) in [7, 11) is 1.64. The number of H-pyrrole nitrogens is 1. The van der Waals surface area contributed by atoms with Crippen LogP contribution in [0.2, 0.25) is 0 Å². The van der Waals surface area contributed by atoms with Crippen molar-refractivity contribution in [3.63, 3.8) is 0 Å². The molecule has 1 fully saturated rings. The number of nitrogens with zero attached hydrogens (tertiary/aromatic N) is 2. The monoisotopic (exact) mass is 416 g/mol. The number of benzene rings is 1. The Morgan fingerprint density at radius 2 is 2.00 bits per heavy atom. The first kappa shape index (κ1) is 22.6. The molecule has 0 aliphatic carbocycles. The van der Waals surface area contributed by atoms with Crippen LogP contribution < -0.4 is 14.8 Å². The van der Waals surface area contributed by atoms with Crippen molar-refractivity contribution in [1.82, 2.24) is 20.4 Å². The standard InChI is InChI=1S/C23H36N4O3/c1-17-21(18(2)26-25-17)9-10-24-14-19-7-8-22(29-3)23(13-19)30-16-20(28)15-27-11-5-4-6-12-27/h7-8,13,20,24,28H,4-6,9-12,14-16H2,1-3H3,(H,25,26)/t20-/m0/s1. The number of aryl methyl sites for hydroxylation is 2. The highest BCUT2D eigenvalue weighted by Gasteiger charge is 2.16. The predicted molar refractivity (Wildman–Crippen MR) is 118 cm³/mol. The molecule has 0 bridgehead atoms. The maximum atomic E-state index is 10.4. The third-order valence-corrected chi connectivity index (χ3v) is 5.74. The van der Waals surface area contributed by atoms with Gasteiger partial charge in [-0.3, -0.25) is 5.10 Å². The third-order valence-electron chi connectivity index (χ3n) is 5.74. The zero-order valence-corrected chi connectivity index (χ0v) is 18.5. The maximum absolute atomic E-state index is 10.4. The van der Waals surface area contributed by atoms with Crippen molar-refractivity contribution < 1.29 is 14.6 Å². The zero-order chi connectivity index (χ0) is 21.3. The fourth-order valence-corrected chi connectivity index (χ4v) is 4.01. The van der Waals surface area contributed by atoms with Crippen LogP contribution in [0.3, 0.4) is 0 Å². The topological polar surface area (TPSA) is 82.6 Å². The maximum Gasteiger partial charge on any atom is 0.161 e. The summed E-state index contributed by atoms with van der Waals surface area (Å²) in [5, 5.41) is 21.1. The first-order valence-corrected chi connectivity index (χ1v) is 11.0. The van der Waals surface area contributed by atoms with E-state index >= 15 is 0 Å². The summed E-state index contributed by atoms with van der Waals surface area (Å²) in [5.41, 5.74) is 4.61. The number of aromatic nitrogens is 2. The first-order chi connectivity index (χ1) is 14.6. The van der Waals surface area contributed by atoms with Gasteiger partial charge in [0.1, 0.15) is 12.7 Å². The SMILES string of the molecule is COc1ccc(CNCCc2c(C)n[nH]c2C)cc1OC[C@@H](O)CN1CCCCC1. The summed E-state index contributed by atoms with van der Waals surface area (Å²) in [6.45, 7) is 8.77. The third kappa shape index (κ3) is 6.45. The van der Waals surface area contributed by atoms with Gasteiger partial charge in [0.05, 0.1) is 12.8 Å². The molecule has 7 heteroatoms. The lowest BCUT2D eigenvalue weighted by molar-refractivity contribution is 0.0608. The molecule has 1 aliphatic rings. The molecule has 0 unspecified atom stereocenters. The summed E-state index contributed by atoms with van der Waals surface area (Å²) >= 11 is 0. The molecule has 7 nitrogen and oxygen atoms in total. The Morgan fingerprint density at radius 1 is 1.20 bits per heavy atom. The van der Waals surface area contributed by atoms with Crippen LogP contribution in [-0.4, -0.2) is 66.2 Å². The van der Waals surface area contributed by atoms with Gasteiger partial charge in [0.15, 0.2) is 11.5 Å². The van der Waals surface area contributed by atoms with Crippen LogP contribution in [0.1, 0.15) is 41.8 Å². The van der Waals surface area contributed by atoms with Crippen molar-refractivity contribution in [2.24, 2.45) is 0 Å². The van der Waals surface area contributed by atoms with Gasteiger partial charge < -0.3 is 24.8 Å². The second kappa shape index (κ2) is 11.3.